The molecule has 0 saturated carbocycles. The van der Waals surface area contributed by atoms with E-state index in [1.165, 1.54) is 20.1 Å². The molecule has 0 bridgehead atoms. The molecular weight excluding hydrogens is 260 g/mol. The van der Waals surface area contributed by atoms with E-state index in [4.69, 9.17) is 4.74 Å². The Balaban J connectivity index is 3.53. The number of ketones is 1. The maximum absolute atomic E-state index is 11.4. The van der Waals surface area contributed by atoms with Crippen molar-refractivity contribution in [2.75, 3.05) is 7.11 Å². The molecule has 0 radical (unpaired) electrons. The number of rotatable bonds is 10. The number of carbonyl (C=O) groups is 3. The number of hydrogen-bond acceptors (Lipinski definition) is 5. The van der Waals surface area contributed by atoms with E-state index in [-0.39, 0.29) is 17.9 Å². The molecule has 0 amide bonds. The second-order valence-electron chi connectivity index (χ2n) is 4.70. The van der Waals surface area contributed by atoms with Gasteiger partial charge in [0, 0.05) is 19.4 Å². The third-order valence-electron chi connectivity index (χ3n) is 2.76. The van der Waals surface area contributed by atoms with E-state index in [9.17, 15) is 14.4 Å². The van der Waals surface area contributed by atoms with Crippen molar-refractivity contribution in [3.05, 3.63) is 12.2 Å². The Bertz CT molecular complexity index is 346. The van der Waals surface area contributed by atoms with Gasteiger partial charge in [-0.25, -0.2) is 4.79 Å². The number of hydrogen-bond donors (Lipinski definition) is 0. The van der Waals surface area contributed by atoms with Crippen LogP contribution >= 0.6 is 0 Å². The number of ether oxygens (including phenoxy) is 2. The lowest BCUT2D eigenvalue weighted by Crippen LogP contribution is -2.11. The van der Waals surface area contributed by atoms with Gasteiger partial charge in [-0.3, -0.25) is 9.59 Å². The van der Waals surface area contributed by atoms with Crippen LogP contribution in [0.25, 0.3) is 0 Å². The van der Waals surface area contributed by atoms with E-state index in [0.29, 0.717) is 6.42 Å². The summed E-state index contributed by atoms with van der Waals surface area (Å²) in [5.41, 5.74) is 0. The summed E-state index contributed by atoms with van der Waals surface area (Å²) in [6, 6.07) is 0. The molecule has 0 fully saturated rings. The van der Waals surface area contributed by atoms with Crippen molar-refractivity contribution in [2.24, 2.45) is 0 Å². The second kappa shape index (κ2) is 11.2. The highest BCUT2D eigenvalue weighted by Gasteiger charge is 2.05. The fraction of sp³-hybridized carbons (Fsp3) is 0.667. The Hall–Kier alpha value is -1.65. The van der Waals surface area contributed by atoms with Crippen LogP contribution in [-0.2, 0) is 23.9 Å². The van der Waals surface area contributed by atoms with E-state index in [1.807, 2.05) is 6.92 Å². The Morgan fingerprint density at radius 1 is 1.05 bits per heavy atom. The molecule has 0 aromatic heterocycles. The van der Waals surface area contributed by atoms with Crippen LogP contribution in [0.1, 0.15) is 52.4 Å². The van der Waals surface area contributed by atoms with Gasteiger partial charge in [-0.15, -0.1) is 0 Å². The minimum Gasteiger partial charge on any atom is -0.466 e. The molecule has 1 atom stereocenters. The molecule has 0 aromatic rings. The maximum Gasteiger partial charge on any atom is 0.330 e. The van der Waals surface area contributed by atoms with E-state index >= 15 is 0 Å². The van der Waals surface area contributed by atoms with Gasteiger partial charge < -0.3 is 9.47 Å². The van der Waals surface area contributed by atoms with Crippen LogP contribution in [0.15, 0.2) is 12.2 Å². The predicted molar refractivity (Wildman–Crippen MR) is 75.1 cm³/mol. The number of methoxy groups -OCH3 is 1. The zero-order chi connectivity index (χ0) is 15.4. The predicted octanol–water partition coefficient (Wildman–Crippen LogP) is 2.58. The first-order chi connectivity index (χ1) is 9.45. The summed E-state index contributed by atoms with van der Waals surface area (Å²) < 4.78 is 9.41. The summed E-state index contributed by atoms with van der Waals surface area (Å²) in [6.45, 7) is 3.28. The third kappa shape index (κ3) is 11.4. The molecule has 0 saturated heterocycles. The zero-order valence-corrected chi connectivity index (χ0v) is 12.5. The summed E-state index contributed by atoms with van der Waals surface area (Å²) in [5, 5.41) is 0. The van der Waals surface area contributed by atoms with Crippen molar-refractivity contribution in [2.45, 2.75) is 58.5 Å². The molecule has 0 aromatic carbocycles. The molecule has 0 N–H and O–H groups in total. The van der Waals surface area contributed by atoms with Crippen molar-refractivity contribution >= 4 is 17.7 Å². The lowest BCUT2D eigenvalue weighted by atomic mass is 10.1. The van der Waals surface area contributed by atoms with Crippen LogP contribution in [0.5, 0.6) is 0 Å². The summed E-state index contributed by atoms with van der Waals surface area (Å²) >= 11 is 0. The standard InChI is InChI=1S/C15H24O5/c1-12(20-13(2)16)8-6-4-5-7-9-14(17)10-11-15(18)19-3/h10-12H,4-9H2,1-3H3/b11-10+. The number of allylic oxidation sites excluding steroid dienone is 1. The first kappa shape index (κ1) is 18.4. The van der Waals surface area contributed by atoms with Crippen LogP contribution in [-0.4, -0.2) is 30.9 Å². The average Bonchev–Trinajstić information content (AvgIpc) is 2.39. The average molecular weight is 284 g/mol. The molecule has 0 rings (SSSR count). The number of esters is 2. The van der Waals surface area contributed by atoms with Gasteiger partial charge in [0.1, 0.15) is 0 Å². The van der Waals surface area contributed by atoms with Crippen molar-refractivity contribution in [3.8, 4) is 0 Å². The highest BCUT2D eigenvalue weighted by atomic mass is 16.5. The van der Waals surface area contributed by atoms with Gasteiger partial charge in [0.25, 0.3) is 0 Å². The number of unbranched alkanes of at least 4 members (excludes halogenated alkanes) is 3. The fourth-order valence-corrected chi connectivity index (χ4v) is 1.74. The Morgan fingerprint density at radius 3 is 2.30 bits per heavy atom. The second-order valence-corrected chi connectivity index (χ2v) is 4.70. The summed E-state index contributed by atoms with van der Waals surface area (Å²) in [7, 11) is 1.27. The highest BCUT2D eigenvalue weighted by Crippen LogP contribution is 2.09. The lowest BCUT2D eigenvalue weighted by Gasteiger charge is -2.10. The van der Waals surface area contributed by atoms with E-state index in [1.54, 1.807) is 0 Å². The van der Waals surface area contributed by atoms with Crippen LogP contribution in [0.4, 0.5) is 0 Å². The molecular formula is C15H24O5. The Kier molecular flexibility index (Phi) is 10.3. The van der Waals surface area contributed by atoms with Crippen molar-refractivity contribution in [3.63, 3.8) is 0 Å². The number of carbonyl (C=O) groups excluding carboxylic acids is 3. The minimum absolute atomic E-state index is 0.0443. The molecule has 1 unspecified atom stereocenters. The Labute approximate surface area is 120 Å². The smallest absolute Gasteiger partial charge is 0.330 e. The van der Waals surface area contributed by atoms with Gasteiger partial charge in [-0.05, 0) is 32.3 Å². The SMILES string of the molecule is COC(=O)/C=C/C(=O)CCCCCCC(C)OC(C)=O. The zero-order valence-electron chi connectivity index (χ0n) is 12.5. The lowest BCUT2D eigenvalue weighted by molar-refractivity contribution is -0.145. The van der Waals surface area contributed by atoms with Gasteiger partial charge >= 0.3 is 11.9 Å². The molecule has 0 aliphatic carbocycles. The van der Waals surface area contributed by atoms with Gasteiger partial charge in [0.2, 0.25) is 0 Å². The summed E-state index contributed by atoms with van der Waals surface area (Å²) in [6.07, 6.45) is 7.36. The molecule has 5 nitrogen and oxygen atoms in total. The first-order valence-electron chi connectivity index (χ1n) is 6.91. The quantitative estimate of drug-likeness (QED) is 0.350. The summed E-state index contributed by atoms with van der Waals surface area (Å²) in [5.74, 6) is -0.832. The Morgan fingerprint density at radius 2 is 1.70 bits per heavy atom. The van der Waals surface area contributed by atoms with Gasteiger partial charge in [0.15, 0.2) is 5.78 Å². The normalized spacial score (nSPS) is 12.2. The molecule has 5 heteroatoms. The van der Waals surface area contributed by atoms with Crippen molar-refractivity contribution in [1.82, 2.24) is 0 Å². The van der Waals surface area contributed by atoms with Gasteiger partial charge in [-0.1, -0.05) is 12.8 Å². The van der Waals surface area contributed by atoms with Crippen LogP contribution in [0.3, 0.4) is 0 Å². The molecule has 0 aliphatic rings. The van der Waals surface area contributed by atoms with Crippen molar-refractivity contribution in [1.29, 1.82) is 0 Å². The maximum atomic E-state index is 11.4. The molecule has 0 spiro atoms. The molecule has 20 heavy (non-hydrogen) atoms. The molecule has 0 aliphatic heterocycles. The monoisotopic (exact) mass is 284 g/mol. The molecule has 114 valence electrons. The third-order valence-corrected chi connectivity index (χ3v) is 2.76. The van der Waals surface area contributed by atoms with Crippen LogP contribution < -0.4 is 0 Å². The van der Waals surface area contributed by atoms with E-state index in [2.05, 4.69) is 4.74 Å². The van der Waals surface area contributed by atoms with Gasteiger partial charge in [-0.2, -0.15) is 0 Å². The minimum atomic E-state index is -0.516. The topological polar surface area (TPSA) is 69.7 Å². The largest absolute Gasteiger partial charge is 0.466 e. The van der Waals surface area contributed by atoms with E-state index < -0.39 is 5.97 Å². The molecule has 0 heterocycles. The highest BCUT2D eigenvalue weighted by molar-refractivity contribution is 5.95. The fourth-order valence-electron chi connectivity index (χ4n) is 1.74. The summed E-state index contributed by atoms with van der Waals surface area (Å²) in [4.78, 5) is 32.8. The first-order valence-corrected chi connectivity index (χ1v) is 6.91. The van der Waals surface area contributed by atoms with Gasteiger partial charge in [0.05, 0.1) is 13.2 Å². The van der Waals surface area contributed by atoms with Crippen LogP contribution in [0.2, 0.25) is 0 Å². The van der Waals surface area contributed by atoms with Crippen LogP contribution in [0, 0.1) is 0 Å². The van der Waals surface area contributed by atoms with E-state index in [0.717, 1.165) is 38.2 Å². The van der Waals surface area contributed by atoms with Crippen molar-refractivity contribution < 1.29 is 23.9 Å².